The lowest BCUT2D eigenvalue weighted by atomic mass is 10.1. The molecule has 0 saturated heterocycles. The Morgan fingerprint density at radius 3 is 2.20 bits per heavy atom. The van der Waals surface area contributed by atoms with E-state index < -0.39 is 32.1 Å². The lowest BCUT2D eigenvalue weighted by Crippen LogP contribution is -2.19. The largest absolute Gasteiger partial charge is 0.297 e. The van der Waals surface area contributed by atoms with Crippen molar-refractivity contribution in [2.75, 3.05) is 6.26 Å². The molecular weight excluding hydrogens is 330 g/mol. The fourth-order valence-electron chi connectivity index (χ4n) is 1.55. The van der Waals surface area contributed by atoms with E-state index in [1.54, 1.807) is 0 Å². The van der Waals surface area contributed by atoms with E-state index in [-0.39, 0.29) is 15.6 Å². The number of benzene rings is 1. The minimum absolute atomic E-state index is 0.105. The zero-order valence-corrected chi connectivity index (χ0v) is 12.3. The Balaban J connectivity index is 2.74. The summed E-state index contributed by atoms with van der Waals surface area (Å²) in [6.07, 6.45) is 0.806. The van der Waals surface area contributed by atoms with Gasteiger partial charge >= 0.3 is 0 Å². The maximum absolute atomic E-state index is 13.9. The molecule has 0 amide bonds. The van der Waals surface area contributed by atoms with Crippen molar-refractivity contribution in [3.63, 3.8) is 0 Å². The summed E-state index contributed by atoms with van der Waals surface area (Å²) in [5.41, 5.74) is -1.26. The summed E-state index contributed by atoms with van der Waals surface area (Å²) in [7, 11) is -3.82. The van der Waals surface area contributed by atoms with Crippen molar-refractivity contribution in [1.29, 1.82) is 0 Å². The molecule has 1 heterocycles. The third kappa shape index (κ3) is 3.00. The monoisotopic (exact) mass is 336 g/mol. The molecule has 0 aliphatic carbocycles. The third-order valence-corrected chi connectivity index (χ3v) is 3.69. The Labute approximate surface area is 123 Å². The first-order valence-electron chi connectivity index (χ1n) is 5.15. The van der Waals surface area contributed by atoms with Crippen molar-refractivity contribution in [3.8, 4) is 11.1 Å². The van der Waals surface area contributed by atoms with Gasteiger partial charge in [0.25, 0.3) is 5.56 Å². The Morgan fingerprint density at radius 1 is 1.20 bits per heavy atom. The second-order valence-electron chi connectivity index (χ2n) is 3.97. The summed E-state index contributed by atoms with van der Waals surface area (Å²) in [5, 5.41) is -0.325. The molecule has 0 fully saturated rings. The molecule has 2 rings (SSSR count). The molecule has 9 heteroatoms. The van der Waals surface area contributed by atoms with E-state index in [2.05, 4.69) is 4.98 Å². The Hall–Kier alpha value is -1.44. The molecule has 1 aromatic heterocycles. The number of nitrogens with one attached hydrogen (secondary N) is 1. The lowest BCUT2D eigenvalue weighted by Gasteiger charge is -2.05. The van der Waals surface area contributed by atoms with E-state index in [4.69, 9.17) is 23.2 Å². The molecule has 0 saturated carbocycles. The smallest absolute Gasteiger partial charge is 0.262 e. The quantitative estimate of drug-likeness (QED) is 0.674. The lowest BCUT2D eigenvalue weighted by molar-refractivity contribution is 0.547. The van der Waals surface area contributed by atoms with Gasteiger partial charge < -0.3 is 0 Å². The molecule has 1 N–H and O–H groups in total. The van der Waals surface area contributed by atoms with Gasteiger partial charge in [-0.15, -0.1) is 0 Å². The minimum atomic E-state index is -3.82. The topological polar surface area (TPSA) is 79.9 Å². The van der Waals surface area contributed by atoms with Crippen molar-refractivity contribution in [1.82, 2.24) is 9.97 Å². The normalized spacial score (nSPS) is 11.6. The average Bonchev–Trinajstić information content (AvgIpc) is 2.25. The van der Waals surface area contributed by atoms with Crippen LogP contribution in [0, 0.1) is 5.95 Å². The van der Waals surface area contributed by atoms with Gasteiger partial charge in [0.05, 0.1) is 0 Å². The van der Waals surface area contributed by atoms with Crippen LogP contribution in [0.3, 0.4) is 0 Å². The van der Waals surface area contributed by atoms with Crippen LogP contribution in [0.4, 0.5) is 4.39 Å². The number of aromatic nitrogens is 2. The van der Waals surface area contributed by atoms with Crippen LogP contribution in [0.25, 0.3) is 11.1 Å². The number of halogens is 3. The minimum Gasteiger partial charge on any atom is -0.297 e. The number of sulfone groups is 1. The standard InChI is InChI=1S/C11H7Cl2FN2O3S/c1-20(18,19)11-15-9(14)8(10(17)16-11)5-2-6(12)4-7(13)3-5/h2-4H,1H3,(H,15,16,17). The fraction of sp³-hybridized carbons (Fsp3) is 0.0909. The van der Waals surface area contributed by atoms with Crippen LogP contribution in [0.1, 0.15) is 0 Å². The van der Waals surface area contributed by atoms with Crippen molar-refractivity contribution < 1.29 is 12.8 Å². The maximum Gasteiger partial charge on any atom is 0.262 e. The zero-order valence-electron chi connectivity index (χ0n) is 9.95. The van der Waals surface area contributed by atoms with Crippen molar-refractivity contribution in [3.05, 3.63) is 44.5 Å². The molecule has 0 spiro atoms. The van der Waals surface area contributed by atoms with Crippen molar-refractivity contribution >= 4 is 33.0 Å². The van der Waals surface area contributed by atoms with Crippen LogP contribution >= 0.6 is 23.2 Å². The first kappa shape index (κ1) is 15.0. The van der Waals surface area contributed by atoms with Gasteiger partial charge in [0.1, 0.15) is 5.56 Å². The summed E-state index contributed by atoms with van der Waals surface area (Å²) < 4.78 is 36.4. The summed E-state index contributed by atoms with van der Waals surface area (Å²) in [6.45, 7) is 0. The zero-order chi connectivity index (χ0) is 15.1. The second kappa shape index (κ2) is 5.16. The molecule has 0 aliphatic rings. The van der Waals surface area contributed by atoms with E-state index in [9.17, 15) is 17.6 Å². The molecule has 20 heavy (non-hydrogen) atoms. The average molecular weight is 337 g/mol. The molecule has 0 unspecified atom stereocenters. The van der Waals surface area contributed by atoms with Gasteiger partial charge in [-0.05, 0) is 23.8 Å². The highest BCUT2D eigenvalue weighted by Crippen LogP contribution is 2.26. The number of hydrogen-bond donors (Lipinski definition) is 1. The molecule has 1 aromatic carbocycles. The third-order valence-electron chi connectivity index (χ3n) is 2.36. The Morgan fingerprint density at radius 2 is 1.75 bits per heavy atom. The SMILES string of the molecule is CS(=O)(=O)c1nc(F)c(-c2cc(Cl)cc(Cl)c2)c(=O)[nH]1. The number of nitrogens with zero attached hydrogens (tertiary/aromatic N) is 1. The number of aromatic amines is 1. The number of H-pyrrole nitrogens is 1. The number of rotatable bonds is 2. The van der Waals surface area contributed by atoms with Crippen LogP contribution < -0.4 is 5.56 Å². The summed E-state index contributed by atoms with van der Waals surface area (Å²) in [6, 6.07) is 4.06. The second-order valence-corrected chi connectivity index (χ2v) is 6.77. The van der Waals surface area contributed by atoms with E-state index in [1.807, 2.05) is 4.98 Å². The van der Waals surface area contributed by atoms with Gasteiger partial charge in [-0.25, -0.2) is 8.42 Å². The van der Waals surface area contributed by atoms with Gasteiger partial charge in [-0.2, -0.15) is 9.37 Å². The molecule has 2 aromatic rings. The summed E-state index contributed by atoms with van der Waals surface area (Å²) >= 11 is 11.5. The van der Waals surface area contributed by atoms with Gasteiger partial charge in [0.15, 0.2) is 0 Å². The predicted octanol–water partition coefficient (Wildman–Crippen LogP) is 2.29. The van der Waals surface area contributed by atoms with E-state index in [0.717, 1.165) is 6.26 Å². The highest BCUT2D eigenvalue weighted by molar-refractivity contribution is 7.90. The van der Waals surface area contributed by atoms with E-state index in [1.165, 1.54) is 18.2 Å². The maximum atomic E-state index is 13.9. The highest BCUT2D eigenvalue weighted by atomic mass is 35.5. The van der Waals surface area contributed by atoms with Crippen LogP contribution in [0.5, 0.6) is 0 Å². The summed E-state index contributed by atoms with van der Waals surface area (Å²) in [5.74, 6) is -1.22. The van der Waals surface area contributed by atoms with Crippen molar-refractivity contribution in [2.45, 2.75) is 5.16 Å². The molecule has 106 valence electrons. The highest BCUT2D eigenvalue weighted by Gasteiger charge is 2.19. The van der Waals surface area contributed by atoms with Gasteiger partial charge in [0.2, 0.25) is 20.9 Å². The van der Waals surface area contributed by atoms with Gasteiger partial charge in [-0.3, -0.25) is 9.78 Å². The molecule has 0 bridgehead atoms. The van der Waals surface area contributed by atoms with Crippen molar-refractivity contribution in [2.24, 2.45) is 0 Å². The molecule has 0 aliphatic heterocycles. The first-order chi connectivity index (χ1) is 9.18. The Kier molecular flexibility index (Phi) is 3.86. The van der Waals surface area contributed by atoms with Gasteiger partial charge in [-0.1, -0.05) is 23.2 Å². The molecule has 5 nitrogen and oxygen atoms in total. The van der Waals surface area contributed by atoms with Crippen LogP contribution in [-0.2, 0) is 9.84 Å². The van der Waals surface area contributed by atoms with E-state index in [0.29, 0.717) is 0 Å². The predicted molar refractivity (Wildman–Crippen MR) is 73.4 cm³/mol. The van der Waals surface area contributed by atoms with Gasteiger partial charge in [0, 0.05) is 16.3 Å². The summed E-state index contributed by atoms with van der Waals surface area (Å²) in [4.78, 5) is 17.1. The number of hydrogen-bond acceptors (Lipinski definition) is 4. The molecule has 0 radical (unpaired) electrons. The van der Waals surface area contributed by atoms with E-state index >= 15 is 0 Å². The van der Waals surface area contributed by atoms with Crippen LogP contribution in [-0.4, -0.2) is 24.6 Å². The first-order valence-corrected chi connectivity index (χ1v) is 7.79. The molecule has 0 atom stereocenters. The molecular formula is C11H7Cl2FN2O3S. The van der Waals surface area contributed by atoms with Crippen LogP contribution in [0.2, 0.25) is 10.0 Å². The Bertz CT molecular complexity index is 829. The fourth-order valence-corrected chi connectivity index (χ4v) is 2.60. The van der Waals surface area contributed by atoms with Crippen LogP contribution in [0.15, 0.2) is 28.2 Å².